The summed E-state index contributed by atoms with van der Waals surface area (Å²) < 4.78 is 32.2. The standard InChI is InChI=1S/C19H10Br2N2O5S/c20-12-1-5-15(6-2-12)29(26,27)16(11-22)10-14-4-8-19(28-14)17-7-3-13(23(24)25)9-18(17)21/h1-10H. The number of nitro groups is 1. The van der Waals surface area contributed by atoms with Crippen LogP contribution in [0.3, 0.4) is 0 Å². The molecule has 146 valence electrons. The lowest BCUT2D eigenvalue weighted by molar-refractivity contribution is -0.384. The second kappa shape index (κ2) is 8.32. The van der Waals surface area contributed by atoms with E-state index in [9.17, 15) is 23.8 Å². The fourth-order valence-corrected chi connectivity index (χ4v) is 4.40. The molecule has 0 unspecified atom stereocenters. The molecule has 0 amide bonds. The number of benzene rings is 2. The van der Waals surface area contributed by atoms with Gasteiger partial charge < -0.3 is 4.42 Å². The Morgan fingerprint density at radius 3 is 2.38 bits per heavy atom. The average Bonchev–Trinajstić information content (AvgIpc) is 3.14. The first-order valence-corrected chi connectivity index (χ1v) is 11.0. The maximum absolute atomic E-state index is 12.7. The van der Waals surface area contributed by atoms with Crippen LogP contribution in [0.4, 0.5) is 5.69 Å². The third kappa shape index (κ3) is 4.48. The number of nitro benzene ring substituents is 1. The SMILES string of the molecule is N#CC(=Cc1ccc(-c2ccc([N+](=O)[O-])cc2Br)o1)S(=O)(=O)c1ccc(Br)cc1. The molecular formula is C19H10Br2N2O5S. The summed E-state index contributed by atoms with van der Waals surface area (Å²) in [7, 11) is -4.01. The summed E-state index contributed by atoms with van der Waals surface area (Å²) in [5, 5.41) is 20.2. The summed E-state index contributed by atoms with van der Waals surface area (Å²) in [6, 6.07) is 14.9. The molecular weight excluding hydrogens is 528 g/mol. The Morgan fingerprint density at radius 1 is 1.10 bits per heavy atom. The first kappa shape index (κ1) is 21.0. The van der Waals surface area contributed by atoms with Crippen LogP contribution in [0.1, 0.15) is 5.76 Å². The maximum Gasteiger partial charge on any atom is 0.270 e. The highest BCUT2D eigenvalue weighted by molar-refractivity contribution is 9.10. The summed E-state index contributed by atoms with van der Waals surface area (Å²) in [6.07, 6.45) is 1.14. The Bertz CT molecular complexity index is 1270. The van der Waals surface area contributed by atoms with Gasteiger partial charge in [-0.05, 0) is 58.4 Å². The predicted octanol–water partition coefficient (Wildman–Crippen LogP) is 5.72. The number of rotatable bonds is 5. The number of allylic oxidation sites excluding steroid dienone is 1. The van der Waals surface area contributed by atoms with Crippen LogP contribution in [0.2, 0.25) is 0 Å². The summed E-state index contributed by atoms with van der Waals surface area (Å²) >= 11 is 6.49. The van der Waals surface area contributed by atoms with Gasteiger partial charge in [-0.25, -0.2) is 8.42 Å². The van der Waals surface area contributed by atoms with E-state index in [2.05, 4.69) is 31.9 Å². The van der Waals surface area contributed by atoms with Crippen molar-refractivity contribution in [2.75, 3.05) is 0 Å². The van der Waals surface area contributed by atoms with E-state index in [-0.39, 0.29) is 16.3 Å². The smallest absolute Gasteiger partial charge is 0.270 e. The van der Waals surface area contributed by atoms with Gasteiger partial charge in [0.05, 0.1) is 9.82 Å². The van der Waals surface area contributed by atoms with E-state index in [1.54, 1.807) is 24.3 Å². The predicted molar refractivity (Wildman–Crippen MR) is 113 cm³/mol. The van der Waals surface area contributed by atoms with E-state index in [1.807, 2.05) is 0 Å². The molecule has 7 nitrogen and oxygen atoms in total. The van der Waals surface area contributed by atoms with Crippen molar-refractivity contribution >= 4 is 53.5 Å². The largest absolute Gasteiger partial charge is 0.457 e. The van der Waals surface area contributed by atoms with Crippen LogP contribution < -0.4 is 0 Å². The monoisotopic (exact) mass is 536 g/mol. The van der Waals surface area contributed by atoms with Crippen LogP contribution in [0, 0.1) is 21.4 Å². The first-order valence-electron chi connectivity index (χ1n) is 7.89. The highest BCUT2D eigenvalue weighted by Gasteiger charge is 2.21. The summed E-state index contributed by atoms with van der Waals surface area (Å²) in [5.41, 5.74) is 0.462. The molecule has 0 aliphatic carbocycles. The van der Waals surface area contributed by atoms with Crippen molar-refractivity contribution in [1.82, 2.24) is 0 Å². The Balaban J connectivity index is 1.97. The summed E-state index contributed by atoms with van der Waals surface area (Å²) in [5.74, 6) is 0.513. The van der Waals surface area contributed by atoms with Gasteiger partial charge in [-0.3, -0.25) is 10.1 Å². The number of nitrogens with zero attached hydrogens (tertiary/aromatic N) is 2. The van der Waals surface area contributed by atoms with Gasteiger partial charge in [-0.1, -0.05) is 15.9 Å². The quantitative estimate of drug-likeness (QED) is 0.233. The van der Waals surface area contributed by atoms with Gasteiger partial charge in [0.2, 0.25) is 9.84 Å². The topological polar surface area (TPSA) is 114 Å². The fraction of sp³-hybridized carbons (Fsp3) is 0. The number of non-ortho nitro benzene ring substituents is 1. The zero-order chi connectivity index (χ0) is 21.2. The molecule has 29 heavy (non-hydrogen) atoms. The Labute approximate surface area is 182 Å². The highest BCUT2D eigenvalue weighted by Crippen LogP contribution is 2.33. The van der Waals surface area contributed by atoms with Crippen molar-refractivity contribution in [1.29, 1.82) is 5.26 Å². The van der Waals surface area contributed by atoms with Crippen LogP contribution >= 0.6 is 31.9 Å². The van der Waals surface area contributed by atoms with Gasteiger partial charge in [-0.15, -0.1) is 0 Å². The number of sulfone groups is 1. The zero-order valence-corrected chi connectivity index (χ0v) is 18.4. The van der Waals surface area contributed by atoms with Crippen molar-refractivity contribution in [2.24, 2.45) is 0 Å². The van der Waals surface area contributed by atoms with E-state index in [1.165, 1.54) is 36.4 Å². The van der Waals surface area contributed by atoms with E-state index in [0.717, 1.165) is 6.08 Å². The molecule has 0 saturated heterocycles. The van der Waals surface area contributed by atoms with Crippen LogP contribution in [-0.2, 0) is 9.84 Å². The number of hydrogen-bond acceptors (Lipinski definition) is 6. The van der Waals surface area contributed by atoms with Crippen molar-refractivity contribution in [3.63, 3.8) is 0 Å². The van der Waals surface area contributed by atoms with Gasteiger partial charge in [0.25, 0.3) is 5.69 Å². The average molecular weight is 538 g/mol. The molecule has 3 rings (SSSR count). The van der Waals surface area contributed by atoms with Crippen molar-refractivity contribution in [3.8, 4) is 17.4 Å². The lowest BCUT2D eigenvalue weighted by Gasteiger charge is -2.03. The van der Waals surface area contributed by atoms with Crippen LogP contribution in [0.15, 0.2) is 77.8 Å². The molecule has 2 aromatic carbocycles. The fourth-order valence-electron chi connectivity index (χ4n) is 2.43. The van der Waals surface area contributed by atoms with E-state index < -0.39 is 19.7 Å². The minimum atomic E-state index is -4.01. The lowest BCUT2D eigenvalue weighted by atomic mass is 10.1. The third-order valence-electron chi connectivity index (χ3n) is 3.85. The van der Waals surface area contributed by atoms with E-state index in [0.29, 0.717) is 20.3 Å². The molecule has 3 aromatic rings. The number of hydrogen-bond donors (Lipinski definition) is 0. The normalized spacial score (nSPS) is 11.8. The Hall–Kier alpha value is -2.74. The summed E-state index contributed by atoms with van der Waals surface area (Å²) in [6.45, 7) is 0. The third-order valence-corrected chi connectivity index (χ3v) is 6.72. The maximum atomic E-state index is 12.7. The molecule has 0 spiro atoms. The highest BCUT2D eigenvalue weighted by atomic mass is 79.9. The molecule has 0 radical (unpaired) electrons. The molecule has 1 aromatic heterocycles. The molecule has 0 aliphatic rings. The second-order valence-electron chi connectivity index (χ2n) is 5.70. The van der Waals surface area contributed by atoms with Gasteiger partial charge in [-0.2, -0.15) is 5.26 Å². The second-order valence-corrected chi connectivity index (χ2v) is 9.39. The minimum absolute atomic E-state index is 0.0154. The molecule has 0 aliphatic heterocycles. The lowest BCUT2D eigenvalue weighted by Crippen LogP contribution is -2.03. The van der Waals surface area contributed by atoms with E-state index >= 15 is 0 Å². The molecule has 0 atom stereocenters. The van der Waals surface area contributed by atoms with Crippen LogP contribution in [-0.4, -0.2) is 13.3 Å². The van der Waals surface area contributed by atoms with Crippen LogP contribution in [0.25, 0.3) is 17.4 Å². The molecule has 0 bridgehead atoms. The van der Waals surface area contributed by atoms with Gasteiger partial charge in [0.1, 0.15) is 17.6 Å². The molecule has 10 heteroatoms. The molecule has 0 N–H and O–H groups in total. The first-order chi connectivity index (χ1) is 13.7. The zero-order valence-electron chi connectivity index (χ0n) is 14.4. The molecule has 1 heterocycles. The van der Waals surface area contributed by atoms with Crippen molar-refractivity contribution < 1.29 is 17.8 Å². The van der Waals surface area contributed by atoms with Gasteiger partial charge in [0.15, 0.2) is 4.91 Å². The summed E-state index contributed by atoms with van der Waals surface area (Å²) in [4.78, 5) is 9.85. The van der Waals surface area contributed by atoms with Crippen LogP contribution in [0.5, 0.6) is 0 Å². The number of nitriles is 1. The molecule has 0 fully saturated rings. The van der Waals surface area contributed by atoms with Crippen molar-refractivity contribution in [2.45, 2.75) is 4.90 Å². The minimum Gasteiger partial charge on any atom is -0.457 e. The number of furan rings is 1. The Morgan fingerprint density at radius 2 is 1.79 bits per heavy atom. The van der Waals surface area contributed by atoms with Gasteiger partial charge >= 0.3 is 0 Å². The Kier molecular flexibility index (Phi) is 6.02. The molecule has 0 saturated carbocycles. The van der Waals surface area contributed by atoms with Gasteiger partial charge in [0, 0.05) is 32.7 Å². The van der Waals surface area contributed by atoms with Crippen molar-refractivity contribution in [3.05, 3.63) is 84.3 Å². The number of halogens is 2. The van der Waals surface area contributed by atoms with E-state index in [4.69, 9.17) is 4.42 Å².